The molecule has 0 aliphatic heterocycles. The Kier molecular flexibility index (Phi) is 3.76. The van der Waals surface area contributed by atoms with Crippen LogP contribution in [0.15, 0.2) is 12.4 Å². The third-order valence-electron chi connectivity index (χ3n) is 1.86. The lowest BCUT2D eigenvalue weighted by Crippen LogP contribution is -2.10. The molecule has 0 spiro atoms. The normalized spacial score (nSPS) is 13.8. The van der Waals surface area contributed by atoms with Crippen molar-refractivity contribution in [1.82, 2.24) is 9.97 Å². The van der Waals surface area contributed by atoms with E-state index in [1.165, 1.54) is 0 Å². The van der Waals surface area contributed by atoms with Gasteiger partial charge in [0.15, 0.2) is 5.82 Å². The minimum Gasteiger partial charge on any atom is -0.385 e. The second-order valence-electron chi connectivity index (χ2n) is 3.55. The van der Waals surface area contributed by atoms with Gasteiger partial charge < -0.3 is 5.11 Å². The predicted octanol–water partition coefficient (Wildman–Crippen LogP) is 0.253. The first-order valence-corrected chi connectivity index (χ1v) is 6.59. The number of hydrogen-bond acceptors (Lipinski definition) is 5. The summed E-state index contributed by atoms with van der Waals surface area (Å²) in [5, 5.41) is 9.59. The maximum atomic E-state index is 10.9. The molecule has 84 valence electrons. The van der Waals surface area contributed by atoms with E-state index in [2.05, 4.69) is 9.97 Å². The quantitative estimate of drug-likeness (QED) is 0.802. The lowest BCUT2D eigenvalue weighted by molar-refractivity contribution is 0.164. The van der Waals surface area contributed by atoms with Gasteiger partial charge in [-0.15, -0.1) is 0 Å². The summed E-state index contributed by atoms with van der Waals surface area (Å²) in [6.45, 7) is 1.84. The van der Waals surface area contributed by atoms with Gasteiger partial charge in [0, 0.05) is 18.6 Å². The molecule has 0 amide bonds. The third-order valence-corrected chi connectivity index (χ3v) is 2.84. The van der Waals surface area contributed by atoms with Crippen molar-refractivity contribution in [2.75, 3.05) is 12.0 Å². The zero-order chi connectivity index (χ0) is 11.5. The van der Waals surface area contributed by atoms with Crippen molar-refractivity contribution < 1.29 is 13.5 Å². The fourth-order valence-corrected chi connectivity index (χ4v) is 1.68. The number of sulfone groups is 1. The molecule has 0 saturated carbocycles. The monoisotopic (exact) mass is 230 g/mol. The molecule has 0 bridgehead atoms. The van der Waals surface area contributed by atoms with Gasteiger partial charge in [-0.1, -0.05) is 0 Å². The summed E-state index contributed by atoms with van der Waals surface area (Å²) in [6.07, 6.45) is 3.52. The molecule has 0 fully saturated rings. The number of hydrogen-bond donors (Lipinski definition) is 1. The van der Waals surface area contributed by atoms with Crippen LogP contribution in [0.2, 0.25) is 0 Å². The minimum absolute atomic E-state index is 0.0641. The topological polar surface area (TPSA) is 80.2 Å². The zero-order valence-corrected chi connectivity index (χ0v) is 9.53. The van der Waals surface area contributed by atoms with Gasteiger partial charge in [-0.2, -0.15) is 0 Å². The molecule has 0 saturated heterocycles. The van der Waals surface area contributed by atoms with Crippen LogP contribution in [0.5, 0.6) is 0 Å². The Morgan fingerprint density at radius 2 is 1.93 bits per heavy atom. The summed E-state index contributed by atoms with van der Waals surface area (Å²) in [5.74, 6) is 0.204. The number of rotatable bonds is 4. The van der Waals surface area contributed by atoms with Gasteiger partial charge in [0.25, 0.3) is 0 Å². The van der Waals surface area contributed by atoms with Gasteiger partial charge in [0.2, 0.25) is 0 Å². The van der Waals surface area contributed by atoms with Crippen LogP contribution in [0.3, 0.4) is 0 Å². The van der Waals surface area contributed by atoms with Crippen molar-refractivity contribution >= 4 is 9.84 Å². The highest BCUT2D eigenvalue weighted by Gasteiger charge is 2.13. The highest BCUT2D eigenvalue weighted by atomic mass is 32.2. The van der Waals surface area contributed by atoms with Gasteiger partial charge in [0.05, 0.1) is 5.75 Å². The fraction of sp³-hybridized carbons (Fsp3) is 0.556. The Bertz CT molecular complexity index is 413. The second kappa shape index (κ2) is 4.67. The number of aromatic nitrogens is 2. The van der Waals surface area contributed by atoms with Gasteiger partial charge in [-0.25, -0.2) is 18.4 Å². The molecule has 0 aliphatic carbocycles. The lowest BCUT2D eigenvalue weighted by Gasteiger charge is -2.07. The Morgan fingerprint density at radius 3 is 2.40 bits per heavy atom. The number of aliphatic hydroxyl groups excluding tert-OH is 1. The summed E-state index contributed by atoms with van der Waals surface area (Å²) < 4.78 is 21.7. The summed E-state index contributed by atoms with van der Waals surface area (Å²) >= 11 is 0. The summed E-state index contributed by atoms with van der Waals surface area (Å²) in [6, 6.07) is 0. The van der Waals surface area contributed by atoms with Crippen molar-refractivity contribution in [3.63, 3.8) is 0 Å². The molecule has 1 unspecified atom stereocenters. The second-order valence-corrected chi connectivity index (χ2v) is 5.81. The number of nitrogens with zero attached hydrogens (tertiary/aromatic N) is 2. The van der Waals surface area contributed by atoms with E-state index in [4.69, 9.17) is 0 Å². The van der Waals surface area contributed by atoms with Crippen molar-refractivity contribution in [3.8, 4) is 0 Å². The SMILES string of the molecule is Cc1cnc(C(O)CCS(C)(=O)=O)nc1. The van der Waals surface area contributed by atoms with E-state index >= 15 is 0 Å². The molecule has 1 rings (SSSR count). The Morgan fingerprint density at radius 1 is 1.40 bits per heavy atom. The molecule has 6 heteroatoms. The molecule has 5 nitrogen and oxygen atoms in total. The molecular formula is C9H14N2O3S. The van der Waals surface area contributed by atoms with Crippen LogP contribution < -0.4 is 0 Å². The first kappa shape index (κ1) is 12.1. The summed E-state index contributed by atoms with van der Waals surface area (Å²) in [7, 11) is -3.05. The molecule has 0 aromatic carbocycles. The van der Waals surface area contributed by atoms with Gasteiger partial charge in [-0.3, -0.25) is 0 Å². The first-order valence-electron chi connectivity index (χ1n) is 4.53. The molecule has 1 aromatic heterocycles. The van der Waals surface area contributed by atoms with Crippen LogP contribution >= 0.6 is 0 Å². The van der Waals surface area contributed by atoms with Crippen molar-refractivity contribution in [3.05, 3.63) is 23.8 Å². The van der Waals surface area contributed by atoms with Gasteiger partial charge in [-0.05, 0) is 18.9 Å². The zero-order valence-electron chi connectivity index (χ0n) is 8.71. The highest BCUT2D eigenvalue weighted by molar-refractivity contribution is 7.90. The van der Waals surface area contributed by atoms with E-state index < -0.39 is 15.9 Å². The van der Waals surface area contributed by atoms with Gasteiger partial charge >= 0.3 is 0 Å². The van der Waals surface area contributed by atoms with E-state index in [1.807, 2.05) is 6.92 Å². The van der Waals surface area contributed by atoms with E-state index in [-0.39, 0.29) is 18.0 Å². The molecule has 0 radical (unpaired) electrons. The molecular weight excluding hydrogens is 216 g/mol. The fourth-order valence-electron chi connectivity index (χ4n) is 1.03. The average Bonchev–Trinajstić information content (AvgIpc) is 2.14. The number of aryl methyl sites for hydroxylation is 1. The maximum Gasteiger partial charge on any atom is 0.156 e. The van der Waals surface area contributed by atoms with Crippen LogP contribution in [-0.2, 0) is 9.84 Å². The summed E-state index contributed by atoms with van der Waals surface area (Å²) in [5.41, 5.74) is 0.897. The molecule has 0 aliphatic rings. The average molecular weight is 230 g/mol. The van der Waals surface area contributed by atoms with E-state index in [1.54, 1.807) is 12.4 Å². The lowest BCUT2D eigenvalue weighted by atomic mass is 10.2. The highest BCUT2D eigenvalue weighted by Crippen LogP contribution is 2.12. The largest absolute Gasteiger partial charge is 0.385 e. The Hall–Kier alpha value is -1.01. The molecule has 1 atom stereocenters. The van der Waals surface area contributed by atoms with Crippen molar-refractivity contribution in [2.24, 2.45) is 0 Å². The van der Waals surface area contributed by atoms with E-state index in [9.17, 15) is 13.5 Å². The summed E-state index contributed by atoms with van der Waals surface area (Å²) in [4.78, 5) is 7.85. The van der Waals surface area contributed by atoms with Crippen LogP contribution in [0, 0.1) is 6.92 Å². The van der Waals surface area contributed by atoms with Crippen LogP contribution in [0.25, 0.3) is 0 Å². The Labute approximate surface area is 89.1 Å². The van der Waals surface area contributed by atoms with Crippen LogP contribution in [0.1, 0.15) is 23.9 Å². The predicted molar refractivity (Wildman–Crippen MR) is 56.1 cm³/mol. The van der Waals surface area contributed by atoms with Crippen molar-refractivity contribution in [1.29, 1.82) is 0 Å². The van der Waals surface area contributed by atoms with Crippen LogP contribution in [0.4, 0.5) is 0 Å². The van der Waals surface area contributed by atoms with Gasteiger partial charge in [0.1, 0.15) is 15.9 Å². The van der Waals surface area contributed by atoms with Crippen LogP contribution in [-0.4, -0.2) is 35.5 Å². The minimum atomic E-state index is -3.05. The standard InChI is InChI=1S/C9H14N2O3S/c1-7-5-10-9(11-6-7)8(12)3-4-15(2,13)14/h5-6,8,12H,3-4H2,1-2H3. The first-order chi connectivity index (χ1) is 6.88. The van der Waals surface area contributed by atoms with E-state index in [0.29, 0.717) is 0 Å². The molecule has 1 aromatic rings. The van der Waals surface area contributed by atoms with Crippen molar-refractivity contribution in [2.45, 2.75) is 19.4 Å². The Balaban J connectivity index is 2.61. The maximum absolute atomic E-state index is 10.9. The number of aliphatic hydroxyl groups is 1. The van der Waals surface area contributed by atoms with E-state index in [0.717, 1.165) is 11.8 Å². The third kappa shape index (κ3) is 4.35. The molecule has 1 heterocycles. The smallest absolute Gasteiger partial charge is 0.156 e. The molecule has 15 heavy (non-hydrogen) atoms. The molecule has 1 N–H and O–H groups in total.